The summed E-state index contributed by atoms with van der Waals surface area (Å²) in [5.74, 6) is 0.434. The van der Waals surface area contributed by atoms with Gasteiger partial charge in [0.15, 0.2) is 0 Å². The highest BCUT2D eigenvalue weighted by Gasteiger charge is 2.28. The number of carbonyl (C=O) groups excluding carboxylic acids is 1. The number of nitrogens with one attached hydrogen (secondary N) is 1. The second-order valence-electron chi connectivity index (χ2n) is 5.20. The molecule has 0 saturated heterocycles. The summed E-state index contributed by atoms with van der Waals surface area (Å²) in [6.07, 6.45) is 1.74. The molecule has 21 heavy (non-hydrogen) atoms. The van der Waals surface area contributed by atoms with Gasteiger partial charge in [0.25, 0.3) is 9.05 Å². The van der Waals surface area contributed by atoms with Gasteiger partial charge in [0, 0.05) is 22.2 Å². The first-order valence-electron chi connectivity index (χ1n) is 6.84. The molecule has 1 aromatic carbocycles. The highest BCUT2D eigenvalue weighted by atomic mass is 35.7. The highest BCUT2D eigenvalue weighted by molar-refractivity contribution is 8.13. The Kier molecular flexibility index (Phi) is 4.78. The van der Waals surface area contributed by atoms with Crippen LogP contribution in [0.1, 0.15) is 38.3 Å². The van der Waals surface area contributed by atoms with Gasteiger partial charge >= 0.3 is 0 Å². The molecular weight excluding hydrogens is 314 g/mol. The van der Waals surface area contributed by atoms with Gasteiger partial charge in [-0.3, -0.25) is 4.79 Å². The zero-order valence-corrected chi connectivity index (χ0v) is 13.5. The lowest BCUT2D eigenvalue weighted by Crippen LogP contribution is -2.33. The molecule has 1 N–H and O–H groups in total. The molecule has 0 spiro atoms. The number of rotatable bonds is 5. The van der Waals surface area contributed by atoms with Crippen LogP contribution in [0.2, 0.25) is 0 Å². The summed E-state index contributed by atoms with van der Waals surface area (Å²) >= 11 is 0. The van der Waals surface area contributed by atoms with E-state index in [2.05, 4.69) is 5.32 Å². The molecule has 0 aliphatic carbocycles. The third-order valence-corrected chi connectivity index (χ3v) is 4.88. The van der Waals surface area contributed by atoms with Crippen molar-refractivity contribution in [1.29, 1.82) is 0 Å². The fourth-order valence-corrected chi connectivity index (χ4v) is 3.13. The summed E-state index contributed by atoms with van der Waals surface area (Å²) in [5, 5.41) is 2.90. The molecule has 1 aromatic rings. The summed E-state index contributed by atoms with van der Waals surface area (Å²) in [6, 6.07) is 4.07. The molecule has 7 heteroatoms. The molecule has 1 aliphatic rings. The minimum absolute atomic E-state index is 0.00859. The van der Waals surface area contributed by atoms with E-state index < -0.39 is 9.05 Å². The Morgan fingerprint density at radius 3 is 2.86 bits per heavy atom. The summed E-state index contributed by atoms with van der Waals surface area (Å²) in [6.45, 7) is 4.19. The lowest BCUT2D eigenvalue weighted by atomic mass is 10.0. The maximum atomic E-state index is 12.1. The standard InChI is InChI=1S/C14H18ClNO4S/c1-3-4-9(2)14(17)16-12-8-20-13-6-5-10(7-11(12)13)21(15,18)19/h5-7,9,12H,3-4,8H2,1-2H3,(H,16,17). The Labute approximate surface area is 129 Å². The van der Waals surface area contributed by atoms with Crippen LogP contribution >= 0.6 is 10.7 Å². The third-order valence-electron chi connectivity index (χ3n) is 3.53. The van der Waals surface area contributed by atoms with Gasteiger partial charge in [-0.15, -0.1) is 0 Å². The van der Waals surface area contributed by atoms with Crippen LogP contribution in [0.3, 0.4) is 0 Å². The number of ether oxygens (including phenoxy) is 1. The monoisotopic (exact) mass is 331 g/mol. The van der Waals surface area contributed by atoms with Crippen LogP contribution in [-0.2, 0) is 13.8 Å². The molecule has 0 radical (unpaired) electrons. The summed E-state index contributed by atoms with van der Waals surface area (Å²) in [5.41, 5.74) is 0.647. The summed E-state index contributed by atoms with van der Waals surface area (Å²) in [4.78, 5) is 12.1. The minimum Gasteiger partial charge on any atom is -0.491 e. The number of halogens is 1. The lowest BCUT2D eigenvalue weighted by Gasteiger charge is -2.16. The first-order valence-corrected chi connectivity index (χ1v) is 9.15. The van der Waals surface area contributed by atoms with E-state index in [-0.39, 0.29) is 22.8 Å². The van der Waals surface area contributed by atoms with Crippen LogP contribution in [0.25, 0.3) is 0 Å². The SMILES string of the molecule is CCCC(C)C(=O)NC1COc2ccc(S(=O)(=O)Cl)cc21. The Hall–Kier alpha value is -1.27. The average Bonchev–Trinajstić information content (AvgIpc) is 2.80. The molecule has 2 atom stereocenters. The molecular formula is C14H18ClNO4S. The van der Waals surface area contributed by atoms with Gasteiger partial charge in [-0.1, -0.05) is 20.3 Å². The molecule has 5 nitrogen and oxygen atoms in total. The van der Waals surface area contributed by atoms with E-state index in [9.17, 15) is 13.2 Å². The molecule has 116 valence electrons. The van der Waals surface area contributed by atoms with Gasteiger partial charge in [-0.25, -0.2) is 8.42 Å². The molecule has 0 fully saturated rings. The number of carbonyl (C=O) groups is 1. The molecule has 0 saturated carbocycles. The second-order valence-corrected chi connectivity index (χ2v) is 7.77. The Morgan fingerprint density at radius 1 is 1.52 bits per heavy atom. The van der Waals surface area contributed by atoms with Crippen LogP contribution in [0.5, 0.6) is 5.75 Å². The van der Waals surface area contributed by atoms with Gasteiger partial charge in [-0.2, -0.15) is 0 Å². The maximum Gasteiger partial charge on any atom is 0.261 e. The van der Waals surface area contributed by atoms with Gasteiger partial charge in [0.1, 0.15) is 12.4 Å². The molecule has 1 aliphatic heterocycles. The first kappa shape index (κ1) is 16.1. The second kappa shape index (κ2) is 6.23. The molecule has 1 amide bonds. The van der Waals surface area contributed by atoms with Crippen molar-refractivity contribution in [3.8, 4) is 5.75 Å². The van der Waals surface area contributed by atoms with E-state index in [1.165, 1.54) is 12.1 Å². The molecule has 2 rings (SSSR count). The van der Waals surface area contributed by atoms with Crippen molar-refractivity contribution in [3.05, 3.63) is 23.8 Å². The molecule has 1 heterocycles. The fourth-order valence-electron chi connectivity index (χ4n) is 2.34. The average molecular weight is 332 g/mol. The van der Waals surface area contributed by atoms with Gasteiger partial charge in [-0.05, 0) is 24.6 Å². The quantitative estimate of drug-likeness (QED) is 0.842. The van der Waals surface area contributed by atoms with E-state index in [1.54, 1.807) is 6.07 Å². The van der Waals surface area contributed by atoms with Crippen molar-refractivity contribution in [3.63, 3.8) is 0 Å². The van der Waals surface area contributed by atoms with Crippen molar-refractivity contribution >= 4 is 25.6 Å². The number of amides is 1. The largest absolute Gasteiger partial charge is 0.491 e. The molecule has 0 aromatic heterocycles. The van der Waals surface area contributed by atoms with Crippen LogP contribution in [0.15, 0.2) is 23.1 Å². The normalized spacial score (nSPS) is 18.7. The Morgan fingerprint density at radius 2 is 2.24 bits per heavy atom. The maximum absolute atomic E-state index is 12.1. The predicted molar refractivity (Wildman–Crippen MR) is 79.9 cm³/mol. The van der Waals surface area contributed by atoms with Crippen LogP contribution < -0.4 is 10.1 Å². The van der Waals surface area contributed by atoms with E-state index >= 15 is 0 Å². The highest BCUT2D eigenvalue weighted by Crippen LogP contribution is 2.35. The van der Waals surface area contributed by atoms with Crippen LogP contribution in [-0.4, -0.2) is 20.9 Å². The smallest absolute Gasteiger partial charge is 0.261 e. The Bertz CT molecular complexity index is 644. The molecule has 0 bridgehead atoms. The number of benzene rings is 1. The number of hydrogen-bond acceptors (Lipinski definition) is 4. The third kappa shape index (κ3) is 3.68. The van der Waals surface area contributed by atoms with E-state index in [4.69, 9.17) is 15.4 Å². The van der Waals surface area contributed by atoms with Gasteiger partial charge in [0.2, 0.25) is 5.91 Å². The zero-order chi connectivity index (χ0) is 15.6. The zero-order valence-electron chi connectivity index (χ0n) is 11.9. The van der Waals surface area contributed by atoms with Crippen molar-refractivity contribution < 1.29 is 17.9 Å². The van der Waals surface area contributed by atoms with Crippen LogP contribution in [0.4, 0.5) is 0 Å². The Balaban J connectivity index is 2.19. The minimum atomic E-state index is -3.80. The summed E-state index contributed by atoms with van der Waals surface area (Å²) < 4.78 is 28.3. The fraction of sp³-hybridized carbons (Fsp3) is 0.500. The van der Waals surface area contributed by atoms with Crippen molar-refractivity contribution in [1.82, 2.24) is 5.32 Å². The number of fused-ring (bicyclic) bond motifs is 1. The summed E-state index contributed by atoms with van der Waals surface area (Å²) in [7, 11) is 1.55. The van der Waals surface area contributed by atoms with Gasteiger partial charge in [0.05, 0.1) is 10.9 Å². The van der Waals surface area contributed by atoms with Gasteiger partial charge < -0.3 is 10.1 Å². The lowest BCUT2D eigenvalue weighted by molar-refractivity contribution is -0.125. The first-order chi connectivity index (χ1) is 9.82. The topological polar surface area (TPSA) is 72.5 Å². The van der Waals surface area contributed by atoms with Crippen LogP contribution in [0, 0.1) is 5.92 Å². The van der Waals surface area contributed by atoms with E-state index in [0.29, 0.717) is 17.9 Å². The van der Waals surface area contributed by atoms with Crippen molar-refractivity contribution in [2.75, 3.05) is 6.61 Å². The molecule has 2 unspecified atom stereocenters. The predicted octanol–water partition coefficient (Wildman–Crippen LogP) is 2.60. The van der Waals surface area contributed by atoms with E-state index in [1.807, 2.05) is 13.8 Å². The van der Waals surface area contributed by atoms with Crippen molar-refractivity contribution in [2.24, 2.45) is 5.92 Å². The van der Waals surface area contributed by atoms with Crippen molar-refractivity contribution in [2.45, 2.75) is 37.6 Å². The number of hydrogen-bond donors (Lipinski definition) is 1. The van der Waals surface area contributed by atoms with E-state index in [0.717, 1.165) is 12.8 Å².